The molecule has 2 aliphatic rings. The number of amides is 2. The van der Waals surface area contributed by atoms with E-state index in [1.807, 2.05) is 4.90 Å². The molecule has 3 aromatic rings. The van der Waals surface area contributed by atoms with Crippen molar-refractivity contribution in [3.63, 3.8) is 0 Å². The fraction of sp³-hybridized carbons (Fsp3) is 0.320. The van der Waals surface area contributed by atoms with Gasteiger partial charge in [0.25, 0.3) is 11.8 Å². The predicted octanol–water partition coefficient (Wildman–Crippen LogP) is 3.38. The van der Waals surface area contributed by atoms with Crippen LogP contribution in [-0.2, 0) is 0 Å². The van der Waals surface area contributed by atoms with Gasteiger partial charge in [0, 0.05) is 74.1 Å². The summed E-state index contributed by atoms with van der Waals surface area (Å²) in [7, 11) is 1.40. The first kappa shape index (κ1) is 23.4. The van der Waals surface area contributed by atoms with Crippen molar-refractivity contribution < 1.29 is 23.1 Å². The van der Waals surface area contributed by atoms with Crippen molar-refractivity contribution in [3.05, 3.63) is 70.2 Å². The molecule has 0 atom stereocenters. The molecule has 1 aromatic heterocycles. The SMILES string of the molecule is COc1cc(F)c(F)cc1-c1ccc(C(=O)N2CC(N3CCN(C(=O)c4nccs4)CC3)C2)cc1. The van der Waals surface area contributed by atoms with E-state index < -0.39 is 11.6 Å². The van der Waals surface area contributed by atoms with Crippen LogP contribution in [0, 0.1) is 11.6 Å². The zero-order valence-corrected chi connectivity index (χ0v) is 19.9. The molecule has 2 amide bonds. The van der Waals surface area contributed by atoms with Crippen LogP contribution in [0.1, 0.15) is 20.2 Å². The Bertz CT molecular complexity index is 1220. The van der Waals surface area contributed by atoms with Gasteiger partial charge in [0.1, 0.15) is 5.75 Å². The number of thiazole rings is 1. The van der Waals surface area contributed by atoms with Crippen molar-refractivity contribution in [2.75, 3.05) is 46.4 Å². The van der Waals surface area contributed by atoms with Gasteiger partial charge in [-0.25, -0.2) is 13.8 Å². The van der Waals surface area contributed by atoms with Crippen LogP contribution in [0.4, 0.5) is 8.78 Å². The Morgan fingerprint density at radius 1 is 0.971 bits per heavy atom. The van der Waals surface area contributed by atoms with Crippen molar-refractivity contribution >= 4 is 23.2 Å². The zero-order valence-electron chi connectivity index (χ0n) is 19.1. The van der Waals surface area contributed by atoms with Gasteiger partial charge in [0.2, 0.25) is 0 Å². The van der Waals surface area contributed by atoms with Gasteiger partial charge in [-0.05, 0) is 23.8 Å². The van der Waals surface area contributed by atoms with Crippen LogP contribution < -0.4 is 4.74 Å². The molecule has 0 unspecified atom stereocenters. The van der Waals surface area contributed by atoms with Crippen LogP contribution in [-0.4, -0.2) is 83.9 Å². The number of methoxy groups -OCH3 is 1. The molecule has 7 nitrogen and oxygen atoms in total. The van der Waals surface area contributed by atoms with Crippen molar-refractivity contribution in [2.24, 2.45) is 0 Å². The van der Waals surface area contributed by atoms with Crippen LogP contribution in [0.3, 0.4) is 0 Å². The summed E-state index contributed by atoms with van der Waals surface area (Å²) >= 11 is 1.35. The molecule has 0 N–H and O–H groups in total. The van der Waals surface area contributed by atoms with Crippen molar-refractivity contribution in [2.45, 2.75) is 6.04 Å². The number of rotatable bonds is 5. The molecule has 2 aliphatic heterocycles. The number of ether oxygens (including phenoxy) is 1. The minimum atomic E-state index is -0.975. The van der Waals surface area contributed by atoms with E-state index in [9.17, 15) is 18.4 Å². The number of carbonyl (C=O) groups is 2. The quantitative estimate of drug-likeness (QED) is 0.540. The van der Waals surface area contributed by atoms with E-state index in [-0.39, 0.29) is 23.6 Å². The highest BCUT2D eigenvalue weighted by molar-refractivity contribution is 7.11. The lowest BCUT2D eigenvalue weighted by atomic mass is 10.0. The summed E-state index contributed by atoms with van der Waals surface area (Å²) in [6.07, 6.45) is 1.64. The smallest absolute Gasteiger partial charge is 0.282 e. The molecule has 182 valence electrons. The van der Waals surface area contributed by atoms with E-state index in [2.05, 4.69) is 9.88 Å². The molecular weight excluding hydrogens is 474 g/mol. The standard InChI is InChI=1S/C25H24F2N4O3S/c1-34-22-13-21(27)20(26)12-19(22)16-2-4-17(5-3-16)24(32)31-14-18(15-31)29-7-9-30(10-8-29)25(33)23-28-6-11-35-23/h2-6,11-13,18H,7-10,14-15H2,1H3. The van der Waals surface area contributed by atoms with Crippen LogP contribution in [0.2, 0.25) is 0 Å². The molecule has 2 fully saturated rings. The fourth-order valence-electron chi connectivity index (χ4n) is 4.50. The Kier molecular flexibility index (Phi) is 6.48. The first-order valence-electron chi connectivity index (χ1n) is 11.3. The Balaban J connectivity index is 1.15. The van der Waals surface area contributed by atoms with Crippen molar-refractivity contribution in [3.8, 4) is 16.9 Å². The summed E-state index contributed by atoms with van der Waals surface area (Å²) in [5, 5.41) is 2.32. The van der Waals surface area contributed by atoms with Gasteiger partial charge in [0.05, 0.1) is 7.11 Å². The molecule has 2 aromatic carbocycles. The molecular formula is C25H24F2N4O3S. The number of aromatic nitrogens is 1. The van der Waals surface area contributed by atoms with Crippen molar-refractivity contribution in [1.29, 1.82) is 0 Å². The summed E-state index contributed by atoms with van der Waals surface area (Å²) in [5.41, 5.74) is 1.58. The number of hydrogen-bond donors (Lipinski definition) is 0. The van der Waals surface area contributed by atoms with E-state index in [0.29, 0.717) is 47.9 Å². The first-order valence-corrected chi connectivity index (χ1v) is 12.2. The molecule has 35 heavy (non-hydrogen) atoms. The zero-order chi connectivity index (χ0) is 24.5. The summed E-state index contributed by atoms with van der Waals surface area (Å²) in [6.45, 7) is 4.12. The van der Waals surface area contributed by atoms with Gasteiger partial charge in [-0.3, -0.25) is 14.5 Å². The summed E-state index contributed by atoms with van der Waals surface area (Å²) in [5.74, 6) is -1.79. The van der Waals surface area contributed by atoms with E-state index >= 15 is 0 Å². The van der Waals surface area contributed by atoms with Gasteiger partial charge in [-0.15, -0.1) is 11.3 Å². The molecule has 10 heteroatoms. The third kappa shape index (κ3) is 4.63. The van der Waals surface area contributed by atoms with Crippen LogP contribution >= 0.6 is 11.3 Å². The molecule has 0 spiro atoms. The Morgan fingerprint density at radius 3 is 2.29 bits per heavy atom. The lowest BCUT2D eigenvalue weighted by molar-refractivity contribution is 0.00853. The van der Waals surface area contributed by atoms with E-state index in [1.54, 1.807) is 40.7 Å². The van der Waals surface area contributed by atoms with Crippen LogP contribution in [0.5, 0.6) is 5.75 Å². The normalized spacial score (nSPS) is 16.8. The predicted molar refractivity (Wildman–Crippen MR) is 128 cm³/mol. The summed E-state index contributed by atoms with van der Waals surface area (Å²) < 4.78 is 32.4. The number of carbonyl (C=O) groups excluding carboxylic acids is 2. The van der Waals surface area contributed by atoms with Gasteiger partial charge in [-0.1, -0.05) is 12.1 Å². The third-order valence-corrected chi connectivity index (χ3v) is 7.33. The number of hydrogen-bond acceptors (Lipinski definition) is 6. The number of nitrogens with zero attached hydrogens (tertiary/aromatic N) is 4. The van der Waals surface area contributed by atoms with Gasteiger partial charge >= 0.3 is 0 Å². The Hall–Kier alpha value is -3.37. The highest BCUT2D eigenvalue weighted by Gasteiger charge is 2.37. The van der Waals surface area contributed by atoms with E-state index in [1.165, 1.54) is 18.4 Å². The molecule has 0 saturated carbocycles. The van der Waals surface area contributed by atoms with Gasteiger partial charge in [0.15, 0.2) is 16.6 Å². The Morgan fingerprint density at radius 2 is 1.66 bits per heavy atom. The highest BCUT2D eigenvalue weighted by Crippen LogP contribution is 2.32. The van der Waals surface area contributed by atoms with E-state index in [4.69, 9.17) is 4.74 Å². The second-order valence-corrected chi connectivity index (χ2v) is 9.47. The molecule has 5 rings (SSSR count). The average Bonchev–Trinajstić information content (AvgIpc) is 3.39. The lowest BCUT2D eigenvalue weighted by Crippen LogP contribution is -2.64. The maximum absolute atomic E-state index is 13.7. The van der Waals surface area contributed by atoms with Crippen molar-refractivity contribution in [1.82, 2.24) is 19.7 Å². The third-order valence-electron chi connectivity index (χ3n) is 6.57. The fourth-order valence-corrected chi connectivity index (χ4v) is 5.11. The number of piperazine rings is 1. The summed E-state index contributed by atoms with van der Waals surface area (Å²) in [4.78, 5) is 35.4. The number of benzene rings is 2. The van der Waals surface area contributed by atoms with Gasteiger partial charge in [-0.2, -0.15) is 0 Å². The lowest BCUT2D eigenvalue weighted by Gasteiger charge is -2.48. The van der Waals surface area contributed by atoms with Crippen LogP contribution in [0.25, 0.3) is 11.1 Å². The second-order valence-electron chi connectivity index (χ2n) is 8.57. The Labute approximate surface area is 205 Å². The maximum atomic E-state index is 13.7. The topological polar surface area (TPSA) is 66.0 Å². The van der Waals surface area contributed by atoms with E-state index in [0.717, 1.165) is 25.2 Å². The average molecular weight is 499 g/mol. The maximum Gasteiger partial charge on any atom is 0.282 e. The highest BCUT2D eigenvalue weighted by atomic mass is 32.1. The molecule has 0 bridgehead atoms. The molecule has 0 radical (unpaired) electrons. The van der Waals surface area contributed by atoms with Gasteiger partial charge < -0.3 is 14.5 Å². The first-order chi connectivity index (χ1) is 16.9. The molecule has 0 aliphatic carbocycles. The largest absolute Gasteiger partial charge is 0.496 e. The second kappa shape index (κ2) is 9.71. The number of likely N-dealkylation sites (tertiary alicyclic amines) is 1. The minimum Gasteiger partial charge on any atom is -0.496 e. The van der Waals surface area contributed by atoms with Crippen LogP contribution in [0.15, 0.2) is 48.0 Å². The monoisotopic (exact) mass is 498 g/mol. The molecule has 2 saturated heterocycles. The molecule has 3 heterocycles. The minimum absolute atomic E-state index is 0.0190. The number of halogens is 2. The summed E-state index contributed by atoms with van der Waals surface area (Å²) in [6, 6.07) is 9.18.